The van der Waals surface area contributed by atoms with Gasteiger partial charge >= 0.3 is 0 Å². The van der Waals surface area contributed by atoms with Gasteiger partial charge in [0.05, 0.1) is 30.9 Å². The summed E-state index contributed by atoms with van der Waals surface area (Å²) in [6, 6.07) is 13.4. The third kappa shape index (κ3) is 4.28. The van der Waals surface area contributed by atoms with E-state index < -0.39 is 20.0 Å². The van der Waals surface area contributed by atoms with Gasteiger partial charge in [0, 0.05) is 34.6 Å². The number of benzene rings is 2. The summed E-state index contributed by atoms with van der Waals surface area (Å²) in [5, 5.41) is 10.1. The fourth-order valence-electron chi connectivity index (χ4n) is 6.89. The Labute approximate surface area is 233 Å². The standard InChI is InChI=1S/C29H35BrN2O5Si/c1-5-12-31-24-11-10-21(30)14-23(24)29(28(31)35)18(2)27(38(3,4)36)25(37-29)15-26(34)32-16-20-9-7-6-8-19(20)13-22(32)17-33/h5-11,14,18,22,25,27,33,36H,1,12-13,15-17H2,2-4H3/t18-,22+,25+,27-,29+/m1/s1. The van der Waals surface area contributed by atoms with Crippen LogP contribution in [0.25, 0.3) is 0 Å². The van der Waals surface area contributed by atoms with Gasteiger partial charge in [0.2, 0.25) is 5.91 Å². The van der Waals surface area contributed by atoms with Crippen molar-refractivity contribution in [1.29, 1.82) is 0 Å². The molecule has 38 heavy (non-hydrogen) atoms. The Morgan fingerprint density at radius 3 is 2.63 bits per heavy atom. The van der Waals surface area contributed by atoms with E-state index in [0.29, 0.717) is 19.5 Å². The molecule has 2 aromatic carbocycles. The van der Waals surface area contributed by atoms with E-state index in [1.165, 1.54) is 0 Å². The van der Waals surface area contributed by atoms with Gasteiger partial charge in [0.1, 0.15) is 0 Å². The van der Waals surface area contributed by atoms with Crippen molar-refractivity contribution >= 4 is 41.7 Å². The lowest BCUT2D eigenvalue weighted by atomic mass is 9.82. The number of carbonyl (C=O) groups is 2. The van der Waals surface area contributed by atoms with Crippen LogP contribution in [0.2, 0.25) is 18.6 Å². The summed E-state index contributed by atoms with van der Waals surface area (Å²) in [5.74, 6) is -0.673. The molecule has 1 saturated heterocycles. The number of carbonyl (C=O) groups excluding carboxylic acids is 2. The molecule has 1 fully saturated rings. The molecule has 3 aliphatic heterocycles. The van der Waals surface area contributed by atoms with Gasteiger partial charge in [-0.25, -0.2) is 0 Å². The van der Waals surface area contributed by atoms with Crippen LogP contribution in [0.4, 0.5) is 5.69 Å². The molecule has 1 spiro atoms. The van der Waals surface area contributed by atoms with Gasteiger partial charge in [-0.05, 0) is 48.8 Å². The number of hydrogen-bond acceptors (Lipinski definition) is 5. The fraction of sp³-hybridized carbons (Fsp3) is 0.448. The number of ether oxygens (including phenoxy) is 1. The molecule has 7 nitrogen and oxygen atoms in total. The summed E-state index contributed by atoms with van der Waals surface area (Å²) >= 11 is 3.55. The van der Waals surface area contributed by atoms with Gasteiger partial charge in [-0.15, -0.1) is 6.58 Å². The second-order valence-corrected chi connectivity index (χ2v) is 16.2. The lowest BCUT2D eigenvalue weighted by Crippen LogP contribution is -2.48. The van der Waals surface area contributed by atoms with Crippen LogP contribution >= 0.6 is 15.9 Å². The van der Waals surface area contributed by atoms with Gasteiger partial charge in [-0.1, -0.05) is 53.2 Å². The minimum atomic E-state index is -2.90. The molecule has 0 unspecified atom stereocenters. The maximum absolute atomic E-state index is 14.1. The van der Waals surface area contributed by atoms with Gasteiger partial charge in [-0.2, -0.15) is 0 Å². The van der Waals surface area contributed by atoms with E-state index in [-0.39, 0.29) is 42.3 Å². The quantitative estimate of drug-likeness (QED) is 0.386. The molecular formula is C29H35BrN2O5Si. The van der Waals surface area contributed by atoms with Crippen molar-refractivity contribution in [2.45, 2.75) is 62.7 Å². The van der Waals surface area contributed by atoms with Gasteiger partial charge in [-0.3, -0.25) is 9.59 Å². The minimum Gasteiger partial charge on any atom is -0.432 e. The molecule has 2 aromatic rings. The monoisotopic (exact) mass is 598 g/mol. The van der Waals surface area contributed by atoms with Gasteiger partial charge < -0.3 is 24.4 Å². The van der Waals surface area contributed by atoms with Crippen LogP contribution in [0, 0.1) is 5.92 Å². The first kappa shape index (κ1) is 27.3. The Kier molecular flexibility index (Phi) is 7.19. The van der Waals surface area contributed by atoms with Crippen LogP contribution in [0.5, 0.6) is 0 Å². The zero-order valence-electron chi connectivity index (χ0n) is 22.1. The number of rotatable bonds is 6. The van der Waals surface area contributed by atoms with Crippen LogP contribution in [0.15, 0.2) is 59.6 Å². The third-order valence-electron chi connectivity index (χ3n) is 8.52. The van der Waals surface area contributed by atoms with Crippen LogP contribution < -0.4 is 4.90 Å². The largest absolute Gasteiger partial charge is 0.432 e. The lowest BCUT2D eigenvalue weighted by Gasteiger charge is -2.37. The molecule has 0 saturated carbocycles. The number of amides is 2. The number of aliphatic hydroxyl groups is 1. The summed E-state index contributed by atoms with van der Waals surface area (Å²) in [6.45, 7) is 10.1. The summed E-state index contributed by atoms with van der Waals surface area (Å²) in [4.78, 5) is 42.8. The zero-order valence-corrected chi connectivity index (χ0v) is 24.6. The van der Waals surface area contributed by atoms with E-state index in [4.69, 9.17) is 4.74 Å². The van der Waals surface area contributed by atoms with Crippen molar-refractivity contribution in [2.75, 3.05) is 18.1 Å². The maximum atomic E-state index is 14.1. The molecule has 3 heterocycles. The smallest absolute Gasteiger partial charge is 0.264 e. The average Bonchev–Trinajstić information content (AvgIpc) is 3.29. The first-order valence-corrected chi connectivity index (χ1v) is 16.9. The molecule has 0 aliphatic carbocycles. The van der Waals surface area contributed by atoms with E-state index in [2.05, 4.69) is 22.5 Å². The fourth-order valence-corrected chi connectivity index (χ4v) is 9.81. The number of halogens is 1. The molecular weight excluding hydrogens is 564 g/mol. The molecule has 5 rings (SSSR count). The Balaban J connectivity index is 1.51. The predicted octanol–water partition coefficient (Wildman–Crippen LogP) is 4.12. The highest BCUT2D eigenvalue weighted by Gasteiger charge is 2.66. The molecule has 2 amide bonds. The number of nitrogens with zero attached hydrogens (tertiary/aromatic N) is 2. The van der Waals surface area contributed by atoms with E-state index in [0.717, 1.165) is 26.9 Å². The summed E-state index contributed by atoms with van der Waals surface area (Å²) in [5.41, 5.74) is 2.08. The number of anilines is 1. The Morgan fingerprint density at radius 1 is 1.26 bits per heavy atom. The van der Waals surface area contributed by atoms with Crippen molar-refractivity contribution < 1.29 is 24.2 Å². The molecule has 202 valence electrons. The van der Waals surface area contributed by atoms with Crippen molar-refractivity contribution in [3.63, 3.8) is 0 Å². The van der Waals surface area contributed by atoms with Crippen LogP contribution in [-0.2, 0) is 32.9 Å². The average molecular weight is 600 g/mol. The van der Waals surface area contributed by atoms with Crippen LogP contribution in [0.3, 0.4) is 0 Å². The molecule has 5 atom stereocenters. The van der Waals surface area contributed by atoms with Crippen LogP contribution in [0.1, 0.15) is 30.0 Å². The maximum Gasteiger partial charge on any atom is 0.264 e. The normalized spacial score (nSPS) is 28.5. The first-order chi connectivity index (χ1) is 18.0. The highest BCUT2D eigenvalue weighted by Crippen LogP contribution is 2.60. The topological polar surface area (TPSA) is 90.3 Å². The van der Waals surface area contributed by atoms with E-state index in [9.17, 15) is 19.5 Å². The molecule has 2 N–H and O–H groups in total. The number of fused-ring (bicyclic) bond motifs is 3. The third-order valence-corrected chi connectivity index (χ3v) is 11.5. The van der Waals surface area contributed by atoms with Crippen LogP contribution in [-0.4, -0.2) is 60.2 Å². The van der Waals surface area contributed by atoms with E-state index in [1.807, 2.05) is 62.5 Å². The Hall–Kier alpha value is -2.30. The summed E-state index contributed by atoms with van der Waals surface area (Å²) in [7, 11) is -2.90. The number of hydrogen-bond donors (Lipinski definition) is 2. The molecule has 3 aliphatic rings. The Bertz CT molecular complexity index is 1280. The molecule has 9 heteroatoms. The SMILES string of the molecule is C=CCN1C(=O)[C@@]2(O[C@@H](CC(=O)N3Cc4ccccc4C[C@H]3CO)[C@H]([Si](C)(C)O)[C@H]2C)c2cc(Br)ccc21. The Morgan fingerprint density at radius 2 is 1.97 bits per heavy atom. The van der Waals surface area contributed by atoms with E-state index in [1.54, 1.807) is 15.9 Å². The van der Waals surface area contributed by atoms with E-state index >= 15 is 0 Å². The molecule has 0 aromatic heterocycles. The molecule has 0 bridgehead atoms. The van der Waals surface area contributed by atoms with Crippen molar-refractivity contribution in [3.8, 4) is 0 Å². The predicted molar refractivity (Wildman–Crippen MR) is 152 cm³/mol. The van der Waals surface area contributed by atoms with Gasteiger partial charge in [0.25, 0.3) is 5.91 Å². The highest BCUT2D eigenvalue weighted by atomic mass is 79.9. The molecule has 0 radical (unpaired) electrons. The lowest BCUT2D eigenvalue weighted by molar-refractivity contribution is -0.150. The van der Waals surface area contributed by atoms with Crippen molar-refractivity contribution in [2.24, 2.45) is 5.92 Å². The van der Waals surface area contributed by atoms with Crippen molar-refractivity contribution in [1.82, 2.24) is 4.90 Å². The highest BCUT2D eigenvalue weighted by molar-refractivity contribution is 9.10. The van der Waals surface area contributed by atoms with Crippen molar-refractivity contribution in [3.05, 3.63) is 76.3 Å². The summed E-state index contributed by atoms with van der Waals surface area (Å²) < 4.78 is 7.58. The number of aliphatic hydroxyl groups excluding tert-OH is 1. The van der Waals surface area contributed by atoms with Gasteiger partial charge in [0.15, 0.2) is 13.9 Å². The zero-order chi connectivity index (χ0) is 27.4. The first-order valence-electron chi connectivity index (χ1n) is 13.1. The minimum absolute atomic E-state index is 0.0322. The second kappa shape index (κ2) is 10.0. The second-order valence-electron chi connectivity index (χ2n) is 11.3. The summed E-state index contributed by atoms with van der Waals surface area (Å²) in [6.07, 6.45) is 1.67.